The number of benzene rings is 1. The van der Waals surface area contributed by atoms with Gasteiger partial charge < -0.3 is 25.4 Å². The zero-order chi connectivity index (χ0) is 23.6. The van der Waals surface area contributed by atoms with E-state index in [2.05, 4.69) is 25.9 Å². The fraction of sp³-hybridized carbons (Fsp3) is 0.458. The average Bonchev–Trinajstić information content (AvgIpc) is 2.71. The van der Waals surface area contributed by atoms with Crippen molar-refractivity contribution in [2.45, 2.75) is 58.9 Å². The number of nitrogens with zero attached hydrogens (tertiary/aromatic N) is 2. The van der Waals surface area contributed by atoms with E-state index in [0.29, 0.717) is 31.5 Å². The summed E-state index contributed by atoms with van der Waals surface area (Å²) in [7, 11) is 1.70. The minimum Gasteiger partial charge on any atom is -0.473 e. The molecule has 0 fully saturated rings. The van der Waals surface area contributed by atoms with Gasteiger partial charge in [-0.2, -0.15) is 0 Å². The molecule has 0 bridgehead atoms. The van der Waals surface area contributed by atoms with Crippen LogP contribution in [-0.2, 0) is 17.9 Å². The van der Waals surface area contributed by atoms with E-state index in [0.717, 1.165) is 11.1 Å². The lowest BCUT2D eigenvalue weighted by atomic mass is 10.1. The highest BCUT2D eigenvalue weighted by molar-refractivity contribution is 5.79. The second-order valence-corrected chi connectivity index (χ2v) is 9.07. The van der Waals surface area contributed by atoms with Gasteiger partial charge in [0.1, 0.15) is 12.2 Å². The Morgan fingerprint density at radius 3 is 2.41 bits per heavy atom. The minimum absolute atomic E-state index is 0.452. The summed E-state index contributed by atoms with van der Waals surface area (Å²) in [5.74, 6) is 1.19. The van der Waals surface area contributed by atoms with Gasteiger partial charge in [-0.15, -0.1) is 0 Å². The monoisotopic (exact) mass is 441 g/mol. The first-order valence-corrected chi connectivity index (χ1v) is 10.6. The van der Waals surface area contributed by atoms with Crippen LogP contribution in [0.2, 0.25) is 0 Å². The molecule has 3 N–H and O–H groups in total. The van der Waals surface area contributed by atoms with Crippen LogP contribution in [0.5, 0.6) is 5.88 Å². The molecule has 0 spiro atoms. The fourth-order valence-electron chi connectivity index (χ4n) is 2.71. The van der Waals surface area contributed by atoms with Crippen LogP contribution in [0.1, 0.15) is 45.7 Å². The van der Waals surface area contributed by atoms with Gasteiger partial charge in [0.2, 0.25) is 5.88 Å². The maximum absolute atomic E-state index is 12.1. The molecule has 0 radical (unpaired) electrons. The molecule has 1 aromatic heterocycles. The smallest absolute Gasteiger partial charge is 0.408 e. The predicted octanol–water partition coefficient (Wildman–Crippen LogP) is 3.63. The van der Waals surface area contributed by atoms with Crippen LogP contribution in [0.4, 0.5) is 4.79 Å². The second-order valence-electron chi connectivity index (χ2n) is 9.07. The Morgan fingerprint density at radius 2 is 1.75 bits per heavy atom. The van der Waals surface area contributed by atoms with Gasteiger partial charge in [0.05, 0.1) is 5.54 Å². The third-order valence-corrected chi connectivity index (χ3v) is 4.25. The first-order valence-electron chi connectivity index (χ1n) is 10.6. The first kappa shape index (κ1) is 25.0. The van der Waals surface area contributed by atoms with Crippen LogP contribution in [-0.4, -0.2) is 41.8 Å². The van der Waals surface area contributed by atoms with Crippen molar-refractivity contribution in [3.05, 3.63) is 59.8 Å². The van der Waals surface area contributed by atoms with E-state index in [9.17, 15) is 4.79 Å². The molecule has 0 atom stereocenters. The van der Waals surface area contributed by atoms with E-state index < -0.39 is 17.2 Å². The third-order valence-electron chi connectivity index (χ3n) is 4.25. The maximum Gasteiger partial charge on any atom is 0.408 e. The van der Waals surface area contributed by atoms with Gasteiger partial charge in [-0.25, -0.2) is 9.78 Å². The van der Waals surface area contributed by atoms with E-state index in [1.807, 2.05) is 77.1 Å². The number of hydrogen-bond acceptors (Lipinski definition) is 5. The van der Waals surface area contributed by atoms with Gasteiger partial charge in [0.15, 0.2) is 5.96 Å². The molecule has 0 aliphatic carbocycles. The quantitative estimate of drug-likeness (QED) is 0.428. The molecule has 2 rings (SSSR count). The number of amides is 1. The van der Waals surface area contributed by atoms with E-state index in [1.54, 1.807) is 13.2 Å². The lowest BCUT2D eigenvalue weighted by Gasteiger charge is -2.29. The lowest BCUT2D eigenvalue weighted by molar-refractivity contribution is 0.0474. The Bertz CT molecular complexity index is 892. The van der Waals surface area contributed by atoms with Crippen molar-refractivity contribution in [3.8, 4) is 5.88 Å². The Hall–Kier alpha value is -3.29. The Morgan fingerprint density at radius 1 is 1.03 bits per heavy atom. The highest BCUT2D eigenvalue weighted by atomic mass is 16.6. The van der Waals surface area contributed by atoms with Crippen LogP contribution in [0.15, 0.2) is 53.7 Å². The number of nitrogens with one attached hydrogen (secondary N) is 3. The summed E-state index contributed by atoms with van der Waals surface area (Å²) in [6.45, 7) is 10.8. The van der Waals surface area contributed by atoms with E-state index >= 15 is 0 Å². The molecule has 1 amide bonds. The number of alkyl carbamates (subject to hydrolysis) is 1. The van der Waals surface area contributed by atoms with Crippen LogP contribution in [0.3, 0.4) is 0 Å². The molecular weight excluding hydrogens is 406 g/mol. The number of guanidine groups is 1. The highest BCUT2D eigenvalue weighted by Gasteiger charge is 2.24. The highest BCUT2D eigenvalue weighted by Crippen LogP contribution is 2.12. The van der Waals surface area contributed by atoms with Crippen LogP contribution >= 0.6 is 0 Å². The molecule has 2 aromatic rings. The molecule has 0 saturated heterocycles. The summed E-state index contributed by atoms with van der Waals surface area (Å²) in [4.78, 5) is 20.6. The summed E-state index contributed by atoms with van der Waals surface area (Å²) in [5, 5.41) is 9.36. The first-order chi connectivity index (χ1) is 15.1. The van der Waals surface area contributed by atoms with Crippen molar-refractivity contribution in [2.75, 3.05) is 13.6 Å². The molecule has 0 aliphatic rings. The van der Waals surface area contributed by atoms with Crippen LogP contribution < -0.4 is 20.7 Å². The Labute approximate surface area is 190 Å². The summed E-state index contributed by atoms with van der Waals surface area (Å²) < 4.78 is 11.1. The van der Waals surface area contributed by atoms with Crippen molar-refractivity contribution in [2.24, 2.45) is 4.99 Å². The SMILES string of the molecule is CN=C(NCc1ccnc(OCc2ccccc2)c1)NCC(C)(C)NC(=O)OC(C)(C)C. The molecule has 8 heteroatoms. The number of hydrogen-bond donors (Lipinski definition) is 3. The zero-order valence-corrected chi connectivity index (χ0v) is 19.9. The number of rotatable bonds is 8. The molecule has 8 nitrogen and oxygen atoms in total. The predicted molar refractivity (Wildman–Crippen MR) is 127 cm³/mol. The maximum atomic E-state index is 12.1. The van der Waals surface area contributed by atoms with E-state index in [4.69, 9.17) is 9.47 Å². The second kappa shape index (κ2) is 11.4. The number of aliphatic imine (C=N–C) groups is 1. The van der Waals surface area contributed by atoms with Crippen molar-refractivity contribution < 1.29 is 14.3 Å². The Kier molecular flexibility index (Phi) is 8.87. The van der Waals surface area contributed by atoms with Crippen molar-refractivity contribution in [3.63, 3.8) is 0 Å². The van der Waals surface area contributed by atoms with E-state index in [1.165, 1.54) is 0 Å². The summed E-state index contributed by atoms with van der Waals surface area (Å²) in [5.41, 5.74) is 1.02. The van der Waals surface area contributed by atoms with E-state index in [-0.39, 0.29) is 0 Å². The molecule has 32 heavy (non-hydrogen) atoms. The lowest BCUT2D eigenvalue weighted by Crippen LogP contribution is -2.54. The normalized spacial score (nSPS) is 12.1. The fourth-order valence-corrected chi connectivity index (χ4v) is 2.71. The van der Waals surface area contributed by atoms with Gasteiger partial charge in [-0.05, 0) is 51.8 Å². The van der Waals surface area contributed by atoms with Gasteiger partial charge in [0.25, 0.3) is 0 Å². The number of carbonyl (C=O) groups is 1. The third kappa shape index (κ3) is 9.68. The van der Waals surface area contributed by atoms with Crippen molar-refractivity contribution in [1.82, 2.24) is 20.9 Å². The van der Waals surface area contributed by atoms with Gasteiger partial charge in [-0.3, -0.25) is 4.99 Å². The number of carbonyl (C=O) groups excluding carboxylic acids is 1. The summed E-state index contributed by atoms with van der Waals surface area (Å²) in [6.07, 6.45) is 1.27. The molecule has 1 aromatic carbocycles. The summed E-state index contributed by atoms with van der Waals surface area (Å²) in [6, 6.07) is 13.8. The topological polar surface area (TPSA) is 96.9 Å². The standard InChI is InChI=1S/C24H35N5O3/c1-23(2,3)32-22(30)29-24(4,5)17-28-21(25-6)27-15-19-12-13-26-20(14-19)31-16-18-10-8-7-9-11-18/h7-14H,15-17H2,1-6H3,(H,29,30)(H2,25,27,28). The van der Waals surface area contributed by atoms with Gasteiger partial charge in [-0.1, -0.05) is 30.3 Å². The van der Waals surface area contributed by atoms with Crippen molar-refractivity contribution in [1.29, 1.82) is 0 Å². The Balaban J connectivity index is 1.82. The molecule has 0 aliphatic heterocycles. The molecule has 174 valence electrons. The summed E-state index contributed by atoms with van der Waals surface area (Å²) >= 11 is 0. The average molecular weight is 442 g/mol. The number of pyridine rings is 1. The molecule has 0 saturated carbocycles. The number of aromatic nitrogens is 1. The van der Waals surface area contributed by atoms with Crippen molar-refractivity contribution >= 4 is 12.1 Å². The van der Waals surface area contributed by atoms with Gasteiger partial charge >= 0.3 is 6.09 Å². The van der Waals surface area contributed by atoms with Crippen LogP contribution in [0.25, 0.3) is 0 Å². The van der Waals surface area contributed by atoms with Crippen LogP contribution in [0, 0.1) is 0 Å². The van der Waals surface area contributed by atoms with Gasteiger partial charge in [0, 0.05) is 32.4 Å². The molecule has 0 unspecified atom stereocenters. The largest absolute Gasteiger partial charge is 0.473 e. The molecule has 1 heterocycles. The zero-order valence-electron chi connectivity index (χ0n) is 19.9. The number of ether oxygens (including phenoxy) is 2. The molecular formula is C24H35N5O3. The minimum atomic E-state index is -0.542.